The molecule has 1 heterocycles. The molecule has 0 aromatic carbocycles. The first-order valence-corrected chi connectivity index (χ1v) is 18.8. The Labute approximate surface area is 268 Å². The van der Waals surface area contributed by atoms with Gasteiger partial charge in [-0.25, -0.2) is 0 Å². The van der Waals surface area contributed by atoms with Crippen LogP contribution < -0.4 is 0 Å². The van der Waals surface area contributed by atoms with Gasteiger partial charge in [0.1, 0.15) is 0 Å². The highest BCUT2D eigenvalue weighted by Crippen LogP contribution is 2.77. The molecule has 15 atom stereocenters. The fourth-order valence-electron chi connectivity index (χ4n) is 14.8. The van der Waals surface area contributed by atoms with E-state index in [1.54, 1.807) is 0 Å². The molecule has 7 fully saturated rings. The second-order valence-electron chi connectivity index (χ2n) is 19.1. The molecule has 44 heavy (non-hydrogen) atoms. The largest absolute Gasteiger partial charge is 0.435 e. The lowest BCUT2D eigenvalue weighted by Gasteiger charge is -2.73. The summed E-state index contributed by atoms with van der Waals surface area (Å²) < 4.78 is 13.1. The third-order valence-electron chi connectivity index (χ3n) is 17.4. The van der Waals surface area contributed by atoms with Crippen molar-refractivity contribution in [2.45, 2.75) is 145 Å². The molecule has 7 rings (SSSR count). The molecule has 0 spiro atoms. The van der Waals surface area contributed by atoms with Gasteiger partial charge >= 0.3 is 5.97 Å². The van der Waals surface area contributed by atoms with E-state index in [9.17, 15) is 9.90 Å². The third kappa shape index (κ3) is 4.03. The summed E-state index contributed by atoms with van der Waals surface area (Å²) >= 11 is 0. The van der Waals surface area contributed by atoms with Crippen LogP contribution in [0.2, 0.25) is 0 Å². The number of aliphatic hydroxyl groups is 1. The maximum absolute atomic E-state index is 13.1. The van der Waals surface area contributed by atoms with Crippen LogP contribution in [0.25, 0.3) is 0 Å². The minimum absolute atomic E-state index is 0.00570. The number of hydrogen-bond acceptors (Lipinski definition) is 4. The molecule has 0 bridgehead atoms. The first kappa shape index (κ1) is 31.7. The minimum atomic E-state index is -0.396. The zero-order chi connectivity index (χ0) is 31.6. The van der Waals surface area contributed by atoms with Gasteiger partial charge in [-0.3, -0.25) is 4.79 Å². The summed E-state index contributed by atoms with van der Waals surface area (Å²) in [6.07, 6.45) is 14.3. The summed E-state index contributed by atoms with van der Waals surface area (Å²) in [6.45, 7) is 24.6. The van der Waals surface area contributed by atoms with Gasteiger partial charge < -0.3 is 14.6 Å². The van der Waals surface area contributed by atoms with E-state index in [1.165, 1.54) is 63.4 Å². The Morgan fingerprint density at radius 2 is 1.64 bits per heavy atom. The van der Waals surface area contributed by atoms with Gasteiger partial charge in [0.2, 0.25) is 6.29 Å². The molecule has 1 saturated heterocycles. The molecule has 6 aliphatic carbocycles. The standard InChI is InChI=1S/C40H64O4/c1-23(2)26-14-19-40(22-41)21-20-38(8)28(33(26)40)12-13-30-37(7)17-16-31(36(5,6)29(37)15-18-39(30,38)9)43-35-25(4)27-11-10-24(3)32(27)34(42)44-35/h24-33,35,41H,1,10-22H2,2-9H3/t24-,25-,26-,27+,28+,29-,30+,31-,32+,33+,35-,37-,38+,39+,40+/m0/s1. The third-order valence-corrected chi connectivity index (χ3v) is 17.4. The summed E-state index contributed by atoms with van der Waals surface area (Å²) in [6, 6.07) is 0. The number of carbonyl (C=O) groups excluding carboxylic acids is 1. The lowest BCUT2D eigenvalue weighted by Crippen LogP contribution is -2.67. The van der Waals surface area contributed by atoms with Gasteiger partial charge in [-0.05, 0) is 152 Å². The molecule has 6 saturated carbocycles. The van der Waals surface area contributed by atoms with Crippen molar-refractivity contribution in [3.63, 3.8) is 0 Å². The predicted molar refractivity (Wildman–Crippen MR) is 175 cm³/mol. The van der Waals surface area contributed by atoms with Crippen molar-refractivity contribution in [2.75, 3.05) is 6.61 Å². The highest BCUT2D eigenvalue weighted by Gasteiger charge is 2.71. The summed E-state index contributed by atoms with van der Waals surface area (Å²) in [5.74, 6) is 4.35. The number of carbonyl (C=O) groups is 1. The Bertz CT molecular complexity index is 1180. The van der Waals surface area contributed by atoms with E-state index in [1.807, 2.05) is 0 Å². The average Bonchev–Trinajstić information content (AvgIpc) is 3.55. The van der Waals surface area contributed by atoms with Crippen LogP contribution in [0, 0.1) is 80.3 Å². The van der Waals surface area contributed by atoms with Gasteiger partial charge in [-0.15, -0.1) is 0 Å². The molecule has 0 aromatic heterocycles. The Morgan fingerprint density at radius 3 is 2.34 bits per heavy atom. The number of fused-ring (bicyclic) bond motifs is 8. The van der Waals surface area contributed by atoms with E-state index in [0.717, 1.165) is 19.3 Å². The van der Waals surface area contributed by atoms with Crippen LogP contribution >= 0.6 is 0 Å². The van der Waals surface area contributed by atoms with E-state index < -0.39 is 6.29 Å². The van der Waals surface area contributed by atoms with Crippen LogP contribution in [-0.2, 0) is 14.3 Å². The van der Waals surface area contributed by atoms with Crippen molar-refractivity contribution in [1.82, 2.24) is 0 Å². The quantitative estimate of drug-likeness (QED) is 0.196. The SMILES string of the molecule is C=C(C)[C@@H]1CC[C@]2(CO)CC[C@]3(C)[C@H](CC[C@@H]4[C@@]5(C)CC[C@H](O[C@H]6OC(=O)[C@H]7[C@H](CC[C@@H]7C)[C@@H]6C)C(C)(C)[C@@H]5CC[C@]43C)[C@@H]12. The van der Waals surface area contributed by atoms with E-state index >= 15 is 0 Å². The number of aliphatic hydroxyl groups excluding tert-OH is 1. The molecule has 248 valence electrons. The normalized spacial score (nSPS) is 56.0. The molecular weight excluding hydrogens is 544 g/mol. The van der Waals surface area contributed by atoms with Crippen molar-refractivity contribution >= 4 is 5.97 Å². The van der Waals surface area contributed by atoms with E-state index in [0.29, 0.717) is 64.3 Å². The summed E-state index contributed by atoms with van der Waals surface area (Å²) in [5.41, 5.74) is 2.42. The van der Waals surface area contributed by atoms with E-state index in [2.05, 4.69) is 62.0 Å². The van der Waals surface area contributed by atoms with Gasteiger partial charge in [0.25, 0.3) is 0 Å². The predicted octanol–water partition coefficient (Wildman–Crippen LogP) is 9.20. The highest BCUT2D eigenvalue weighted by molar-refractivity contribution is 5.74. The van der Waals surface area contributed by atoms with Gasteiger partial charge in [0, 0.05) is 12.5 Å². The van der Waals surface area contributed by atoms with Gasteiger partial charge in [-0.1, -0.05) is 60.6 Å². The number of allylic oxidation sites excluding steroid dienone is 1. The zero-order valence-electron chi connectivity index (χ0n) is 29.4. The molecule has 7 aliphatic rings. The Kier molecular flexibility index (Phi) is 7.43. The molecular formula is C40H64O4. The van der Waals surface area contributed by atoms with Crippen LogP contribution in [0.15, 0.2) is 12.2 Å². The van der Waals surface area contributed by atoms with Gasteiger partial charge in [-0.2, -0.15) is 0 Å². The molecule has 0 radical (unpaired) electrons. The molecule has 1 aliphatic heterocycles. The molecule has 0 aromatic rings. The number of esters is 1. The van der Waals surface area contributed by atoms with E-state index in [-0.39, 0.29) is 34.7 Å². The Hall–Kier alpha value is -0.870. The first-order chi connectivity index (χ1) is 20.6. The van der Waals surface area contributed by atoms with Gasteiger partial charge in [0.15, 0.2) is 0 Å². The maximum atomic E-state index is 13.1. The van der Waals surface area contributed by atoms with Crippen molar-refractivity contribution in [3.8, 4) is 0 Å². The molecule has 0 amide bonds. The molecule has 1 N–H and O–H groups in total. The summed E-state index contributed by atoms with van der Waals surface area (Å²) in [4.78, 5) is 13.1. The Morgan fingerprint density at radius 1 is 0.886 bits per heavy atom. The zero-order valence-corrected chi connectivity index (χ0v) is 29.4. The van der Waals surface area contributed by atoms with E-state index in [4.69, 9.17) is 9.47 Å². The fraction of sp³-hybridized carbons (Fsp3) is 0.925. The van der Waals surface area contributed by atoms with Crippen molar-refractivity contribution in [3.05, 3.63) is 12.2 Å². The average molecular weight is 609 g/mol. The summed E-state index contributed by atoms with van der Waals surface area (Å²) in [7, 11) is 0. The minimum Gasteiger partial charge on any atom is -0.435 e. The summed E-state index contributed by atoms with van der Waals surface area (Å²) in [5, 5.41) is 10.8. The lowest BCUT2D eigenvalue weighted by atomic mass is 9.32. The smallest absolute Gasteiger partial charge is 0.311 e. The maximum Gasteiger partial charge on any atom is 0.311 e. The molecule has 4 nitrogen and oxygen atoms in total. The Balaban J connectivity index is 1.14. The van der Waals surface area contributed by atoms with Crippen molar-refractivity contribution < 1.29 is 19.4 Å². The monoisotopic (exact) mass is 608 g/mol. The second kappa shape index (κ2) is 10.3. The van der Waals surface area contributed by atoms with Crippen molar-refractivity contribution in [1.29, 1.82) is 0 Å². The topological polar surface area (TPSA) is 55.8 Å². The van der Waals surface area contributed by atoms with Crippen molar-refractivity contribution in [2.24, 2.45) is 80.3 Å². The number of cyclic esters (lactones) is 1. The second-order valence-corrected chi connectivity index (χ2v) is 19.1. The number of rotatable bonds is 4. The number of hydrogen-bond donors (Lipinski definition) is 1. The van der Waals surface area contributed by atoms with Crippen LogP contribution in [0.4, 0.5) is 0 Å². The van der Waals surface area contributed by atoms with Crippen LogP contribution in [0.5, 0.6) is 0 Å². The molecule has 0 unspecified atom stereocenters. The van der Waals surface area contributed by atoms with Gasteiger partial charge in [0.05, 0.1) is 12.0 Å². The van der Waals surface area contributed by atoms with Crippen LogP contribution in [-0.4, -0.2) is 30.1 Å². The molecule has 4 heteroatoms. The highest BCUT2D eigenvalue weighted by atomic mass is 16.7. The van der Waals surface area contributed by atoms with Crippen LogP contribution in [0.3, 0.4) is 0 Å². The lowest BCUT2D eigenvalue weighted by molar-refractivity contribution is -0.282. The van der Waals surface area contributed by atoms with Crippen LogP contribution in [0.1, 0.15) is 132 Å². The fourth-order valence-corrected chi connectivity index (χ4v) is 14.8. The first-order valence-electron chi connectivity index (χ1n) is 18.8. The number of ether oxygens (including phenoxy) is 2.